The third kappa shape index (κ3) is 4.46. The zero-order chi connectivity index (χ0) is 24.7. The van der Waals surface area contributed by atoms with Crippen molar-refractivity contribution < 1.29 is 18.3 Å². The summed E-state index contributed by atoms with van der Waals surface area (Å²) in [6.45, 7) is 7.01. The lowest BCUT2D eigenvalue weighted by Crippen LogP contribution is -2.44. The zero-order valence-corrected chi connectivity index (χ0v) is 19.8. The Balaban J connectivity index is 1.47. The second-order valence-electron chi connectivity index (χ2n) is 9.40. The first-order valence-corrected chi connectivity index (χ1v) is 11.9. The molecule has 0 spiro atoms. The lowest BCUT2D eigenvalue weighted by atomic mass is 9.93. The third-order valence-electron chi connectivity index (χ3n) is 6.78. The molecule has 1 atom stereocenters. The van der Waals surface area contributed by atoms with E-state index in [-0.39, 0.29) is 23.0 Å². The number of nitrogens with two attached hydrogens (primary N) is 1. The predicted molar refractivity (Wildman–Crippen MR) is 132 cm³/mol. The Morgan fingerprint density at radius 1 is 1.11 bits per heavy atom. The molecule has 2 aliphatic heterocycles. The topological polar surface area (TPSA) is 80.5 Å². The van der Waals surface area contributed by atoms with E-state index in [1.165, 1.54) is 6.07 Å². The van der Waals surface area contributed by atoms with Gasteiger partial charge in [0.05, 0.1) is 18.3 Å². The molecule has 2 aromatic carbocycles. The minimum atomic E-state index is -0.692. The maximum Gasteiger partial charge on any atom is 0.254 e. The molecule has 0 saturated carbocycles. The highest BCUT2D eigenvalue weighted by molar-refractivity contribution is 5.98. The fourth-order valence-corrected chi connectivity index (χ4v) is 4.77. The number of carbonyl (C=O) groups is 1. The number of aromatic nitrogens is 1. The molecular weight excluding hydrogens is 450 g/mol. The number of halogens is 2. The Kier molecular flexibility index (Phi) is 6.15. The molecule has 0 radical (unpaired) electrons. The molecule has 2 aliphatic rings. The van der Waals surface area contributed by atoms with Crippen LogP contribution in [-0.4, -0.2) is 43.2 Å². The molecule has 1 aromatic heterocycles. The van der Waals surface area contributed by atoms with Crippen LogP contribution in [-0.2, 0) is 11.2 Å². The highest BCUT2D eigenvalue weighted by Crippen LogP contribution is 2.35. The minimum absolute atomic E-state index is 0.0319. The molecule has 8 heteroatoms. The van der Waals surface area contributed by atoms with Crippen LogP contribution >= 0.6 is 0 Å². The van der Waals surface area contributed by atoms with E-state index in [2.05, 4.69) is 29.0 Å². The van der Waals surface area contributed by atoms with Crippen LogP contribution in [0.4, 0.5) is 20.3 Å². The summed E-state index contributed by atoms with van der Waals surface area (Å²) in [5.41, 5.74) is 9.54. The lowest BCUT2D eigenvalue weighted by Gasteiger charge is -2.36. The van der Waals surface area contributed by atoms with Gasteiger partial charge in [-0.15, -0.1) is 0 Å². The second-order valence-corrected chi connectivity index (χ2v) is 9.40. The Bertz CT molecular complexity index is 1280. The third-order valence-corrected chi connectivity index (χ3v) is 6.78. The van der Waals surface area contributed by atoms with Crippen molar-refractivity contribution in [2.24, 2.45) is 5.92 Å². The molecule has 1 saturated heterocycles. The van der Waals surface area contributed by atoms with Crippen LogP contribution in [0, 0.1) is 17.7 Å². The summed E-state index contributed by atoms with van der Waals surface area (Å²) in [5, 5.41) is 2.65. The summed E-state index contributed by atoms with van der Waals surface area (Å²) in [7, 11) is 0. The van der Waals surface area contributed by atoms with Crippen LogP contribution in [0.2, 0.25) is 0 Å². The zero-order valence-electron chi connectivity index (χ0n) is 19.8. The van der Waals surface area contributed by atoms with Gasteiger partial charge in [-0.2, -0.15) is 4.39 Å². The molecular formula is C27H28F2N4O2. The van der Waals surface area contributed by atoms with Crippen molar-refractivity contribution in [3.05, 3.63) is 65.4 Å². The molecule has 3 N–H and O–H groups in total. The summed E-state index contributed by atoms with van der Waals surface area (Å²) in [6.07, 6.45) is 0.682. The van der Waals surface area contributed by atoms with Gasteiger partial charge >= 0.3 is 0 Å². The minimum Gasteiger partial charge on any atom is -0.383 e. The Hall–Kier alpha value is -3.52. The van der Waals surface area contributed by atoms with Gasteiger partial charge in [-0.05, 0) is 59.4 Å². The SMILES string of the molecule is CC(C)[C@H]1CN(c2ccc(-c3cc(-c4cc(F)c5c(c4)CCNC5=O)c(N)nc3F)cc2)CCO1. The van der Waals surface area contributed by atoms with Crippen LogP contribution < -0.4 is 16.0 Å². The monoisotopic (exact) mass is 478 g/mol. The summed E-state index contributed by atoms with van der Waals surface area (Å²) in [6, 6.07) is 12.2. The van der Waals surface area contributed by atoms with Gasteiger partial charge in [0.15, 0.2) is 0 Å². The van der Waals surface area contributed by atoms with Crippen molar-refractivity contribution in [2.45, 2.75) is 26.4 Å². The molecule has 1 amide bonds. The number of amides is 1. The highest BCUT2D eigenvalue weighted by atomic mass is 19.1. The summed E-state index contributed by atoms with van der Waals surface area (Å²) in [4.78, 5) is 18.2. The van der Waals surface area contributed by atoms with Gasteiger partial charge in [-0.25, -0.2) is 9.37 Å². The Morgan fingerprint density at radius 2 is 1.89 bits per heavy atom. The lowest BCUT2D eigenvalue weighted by molar-refractivity contribution is 0.0114. The van der Waals surface area contributed by atoms with E-state index in [4.69, 9.17) is 10.5 Å². The van der Waals surface area contributed by atoms with E-state index in [1.54, 1.807) is 12.1 Å². The number of benzene rings is 2. The number of ether oxygens (including phenoxy) is 1. The van der Waals surface area contributed by atoms with E-state index in [1.807, 2.05) is 24.3 Å². The van der Waals surface area contributed by atoms with Gasteiger partial charge in [0.1, 0.15) is 11.6 Å². The largest absolute Gasteiger partial charge is 0.383 e. The maximum atomic E-state index is 14.9. The van der Waals surface area contributed by atoms with Gasteiger partial charge in [0.2, 0.25) is 5.95 Å². The highest BCUT2D eigenvalue weighted by Gasteiger charge is 2.25. The molecule has 0 unspecified atom stereocenters. The number of pyridine rings is 1. The molecule has 0 aliphatic carbocycles. The molecule has 6 nitrogen and oxygen atoms in total. The number of fused-ring (bicyclic) bond motifs is 1. The summed E-state index contributed by atoms with van der Waals surface area (Å²) < 4.78 is 35.5. The number of nitrogens with zero attached hydrogens (tertiary/aromatic N) is 2. The van der Waals surface area contributed by atoms with Gasteiger partial charge < -0.3 is 20.7 Å². The number of nitrogens with one attached hydrogen (secondary N) is 1. The first-order valence-electron chi connectivity index (χ1n) is 11.9. The van der Waals surface area contributed by atoms with Crippen molar-refractivity contribution in [1.29, 1.82) is 0 Å². The van der Waals surface area contributed by atoms with Crippen LogP contribution in [0.3, 0.4) is 0 Å². The molecule has 3 heterocycles. The summed E-state index contributed by atoms with van der Waals surface area (Å²) in [5.74, 6) is -1.36. The van der Waals surface area contributed by atoms with Crippen LogP contribution in [0.25, 0.3) is 22.3 Å². The number of carbonyl (C=O) groups excluding carboxylic acids is 1. The standard InChI is InChI=1S/C27H28F2N4O2/c1-15(2)23-14-33(9-10-35-23)19-5-3-16(4-6-19)20-13-21(26(30)32-25(20)29)18-11-17-7-8-31-27(34)24(17)22(28)12-18/h3-6,11-13,15,23H,7-10,14H2,1-2H3,(H2,30,32)(H,31,34)/t23-/m1/s1. The smallest absolute Gasteiger partial charge is 0.254 e. The number of hydrogen-bond donors (Lipinski definition) is 2. The van der Waals surface area contributed by atoms with Crippen molar-refractivity contribution in [3.63, 3.8) is 0 Å². The van der Waals surface area contributed by atoms with Crippen LogP contribution in [0.15, 0.2) is 42.5 Å². The molecule has 182 valence electrons. The fraction of sp³-hybridized carbons (Fsp3) is 0.333. The fourth-order valence-electron chi connectivity index (χ4n) is 4.77. The molecule has 1 fully saturated rings. The van der Waals surface area contributed by atoms with Crippen LogP contribution in [0.1, 0.15) is 29.8 Å². The molecule has 0 bridgehead atoms. The van der Waals surface area contributed by atoms with E-state index >= 15 is 0 Å². The number of anilines is 2. The second kappa shape index (κ2) is 9.26. The Morgan fingerprint density at radius 3 is 2.63 bits per heavy atom. The van der Waals surface area contributed by atoms with Gasteiger partial charge in [0, 0.05) is 36.4 Å². The van der Waals surface area contributed by atoms with Gasteiger partial charge in [-0.3, -0.25) is 4.79 Å². The van der Waals surface area contributed by atoms with E-state index < -0.39 is 17.7 Å². The van der Waals surface area contributed by atoms with Gasteiger partial charge in [0.25, 0.3) is 5.91 Å². The van der Waals surface area contributed by atoms with E-state index in [0.717, 1.165) is 18.8 Å². The first kappa shape index (κ1) is 23.2. The molecule has 5 rings (SSSR count). The van der Waals surface area contributed by atoms with E-state index in [0.29, 0.717) is 47.7 Å². The predicted octanol–water partition coefficient (Wildman–Crippen LogP) is 4.42. The van der Waals surface area contributed by atoms with Crippen molar-refractivity contribution in [2.75, 3.05) is 36.9 Å². The van der Waals surface area contributed by atoms with E-state index in [9.17, 15) is 13.6 Å². The number of rotatable bonds is 4. The quantitative estimate of drug-likeness (QED) is 0.543. The maximum absolute atomic E-state index is 14.9. The molecule has 35 heavy (non-hydrogen) atoms. The van der Waals surface area contributed by atoms with Crippen molar-refractivity contribution in [3.8, 4) is 22.3 Å². The number of nitrogen functional groups attached to an aromatic ring is 1. The normalized spacial score (nSPS) is 17.9. The van der Waals surface area contributed by atoms with Crippen LogP contribution in [0.5, 0.6) is 0 Å². The first-order chi connectivity index (χ1) is 16.8. The summed E-state index contributed by atoms with van der Waals surface area (Å²) >= 11 is 0. The average molecular weight is 479 g/mol. The van der Waals surface area contributed by atoms with Crippen molar-refractivity contribution >= 4 is 17.4 Å². The number of morpholine rings is 1. The Labute approximate surface area is 203 Å². The van der Waals surface area contributed by atoms with Gasteiger partial charge in [-0.1, -0.05) is 26.0 Å². The molecule has 3 aromatic rings. The van der Waals surface area contributed by atoms with Crippen molar-refractivity contribution in [1.82, 2.24) is 10.3 Å². The number of hydrogen-bond acceptors (Lipinski definition) is 5. The average Bonchev–Trinajstić information content (AvgIpc) is 2.84.